The first-order valence-corrected chi connectivity index (χ1v) is 5.76. The largest absolute Gasteiger partial charge is 0.394 e. The molecule has 2 rings (SSSR count). The van der Waals surface area contributed by atoms with Crippen molar-refractivity contribution in [2.75, 3.05) is 19.8 Å². The van der Waals surface area contributed by atoms with E-state index in [4.69, 9.17) is 19.3 Å². The molecule has 1 N–H and O–H groups in total. The zero-order valence-corrected chi connectivity index (χ0v) is 9.28. The molecular weight excluding hydrogens is 196 g/mol. The molecule has 0 saturated carbocycles. The Morgan fingerprint density at radius 3 is 2.80 bits per heavy atom. The third-order valence-corrected chi connectivity index (χ3v) is 3.07. The quantitative estimate of drug-likeness (QED) is 0.766. The van der Waals surface area contributed by atoms with Crippen LogP contribution in [0.15, 0.2) is 0 Å². The van der Waals surface area contributed by atoms with E-state index in [9.17, 15) is 0 Å². The number of rotatable bonds is 3. The first-order valence-electron chi connectivity index (χ1n) is 5.76. The molecule has 0 radical (unpaired) electrons. The van der Waals surface area contributed by atoms with Crippen LogP contribution in [-0.4, -0.2) is 42.9 Å². The molecule has 0 aromatic rings. The maximum atomic E-state index is 8.97. The SMILES string of the molecule is CC1(CC2CCCCO2)OCC(CO)O1. The fourth-order valence-electron chi connectivity index (χ4n) is 2.27. The Balaban J connectivity index is 1.82. The number of aliphatic hydroxyl groups is 1. The highest BCUT2D eigenvalue weighted by atomic mass is 16.7. The zero-order valence-electron chi connectivity index (χ0n) is 9.28. The summed E-state index contributed by atoms with van der Waals surface area (Å²) in [6.07, 6.45) is 4.33. The Kier molecular flexibility index (Phi) is 3.61. The monoisotopic (exact) mass is 216 g/mol. The average molecular weight is 216 g/mol. The summed E-state index contributed by atoms with van der Waals surface area (Å²) in [5.74, 6) is -0.560. The van der Waals surface area contributed by atoms with E-state index in [1.165, 1.54) is 6.42 Å². The summed E-state index contributed by atoms with van der Waals surface area (Å²) >= 11 is 0. The van der Waals surface area contributed by atoms with Gasteiger partial charge in [0.25, 0.3) is 0 Å². The van der Waals surface area contributed by atoms with Crippen LogP contribution in [0.1, 0.15) is 32.6 Å². The van der Waals surface area contributed by atoms with Crippen molar-refractivity contribution in [1.82, 2.24) is 0 Å². The highest BCUT2D eigenvalue weighted by Gasteiger charge is 2.39. The first-order chi connectivity index (χ1) is 7.22. The summed E-state index contributed by atoms with van der Waals surface area (Å²) in [6.45, 7) is 3.30. The Hall–Kier alpha value is -0.160. The van der Waals surface area contributed by atoms with Crippen molar-refractivity contribution >= 4 is 0 Å². The molecule has 0 amide bonds. The highest BCUT2D eigenvalue weighted by molar-refractivity contribution is 4.79. The third kappa shape index (κ3) is 2.91. The molecule has 2 aliphatic heterocycles. The molecule has 2 aliphatic rings. The summed E-state index contributed by atoms with van der Waals surface area (Å²) in [6, 6.07) is 0. The van der Waals surface area contributed by atoms with Gasteiger partial charge in [0.15, 0.2) is 5.79 Å². The predicted octanol–water partition coefficient (Wildman–Crippen LogP) is 1.07. The van der Waals surface area contributed by atoms with E-state index in [1.807, 2.05) is 6.92 Å². The predicted molar refractivity (Wildman–Crippen MR) is 54.5 cm³/mol. The molecule has 2 saturated heterocycles. The van der Waals surface area contributed by atoms with Gasteiger partial charge < -0.3 is 19.3 Å². The van der Waals surface area contributed by atoms with Crippen molar-refractivity contribution in [3.8, 4) is 0 Å². The van der Waals surface area contributed by atoms with Crippen LogP contribution in [-0.2, 0) is 14.2 Å². The lowest BCUT2D eigenvalue weighted by Gasteiger charge is -2.30. The third-order valence-electron chi connectivity index (χ3n) is 3.07. The van der Waals surface area contributed by atoms with Crippen molar-refractivity contribution in [2.45, 2.75) is 50.6 Å². The Morgan fingerprint density at radius 1 is 1.33 bits per heavy atom. The van der Waals surface area contributed by atoms with Crippen molar-refractivity contribution in [3.05, 3.63) is 0 Å². The standard InChI is InChI=1S/C11H20O4/c1-11(14-8-10(7-12)15-11)6-9-4-2-3-5-13-9/h9-10,12H,2-8H2,1H3. The second-order valence-electron chi connectivity index (χ2n) is 4.56. The van der Waals surface area contributed by atoms with Crippen LogP contribution in [0.3, 0.4) is 0 Å². The van der Waals surface area contributed by atoms with Crippen molar-refractivity contribution in [3.63, 3.8) is 0 Å². The molecule has 4 heteroatoms. The van der Waals surface area contributed by atoms with Gasteiger partial charge >= 0.3 is 0 Å². The lowest BCUT2D eigenvalue weighted by Crippen LogP contribution is -2.35. The topological polar surface area (TPSA) is 47.9 Å². The molecule has 2 fully saturated rings. The van der Waals surface area contributed by atoms with Crippen LogP contribution in [0.5, 0.6) is 0 Å². The molecule has 4 nitrogen and oxygen atoms in total. The molecule has 3 unspecified atom stereocenters. The van der Waals surface area contributed by atoms with E-state index in [-0.39, 0.29) is 18.8 Å². The molecule has 15 heavy (non-hydrogen) atoms. The zero-order chi connectivity index (χ0) is 10.7. The minimum atomic E-state index is -0.560. The number of aliphatic hydroxyl groups excluding tert-OH is 1. The Morgan fingerprint density at radius 2 is 2.20 bits per heavy atom. The minimum absolute atomic E-state index is 0.0289. The van der Waals surface area contributed by atoms with Gasteiger partial charge in [-0.3, -0.25) is 0 Å². The number of hydrogen-bond acceptors (Lipinski definition) is 4. The molecule has 2 heterocycles. The Labute approximate surface area is 90.5 Å². The van der Waals surface area contributed by atoms with E-state index in [0.717, 1.165) is 25.9 Å². The van der Waals surface area contributed by atoms with Crippen LogP contribution >= 0.6 is 0 Å². The van der Waals surface area contributed by atoms with Crippen molar-refractivity contribution < 1.29 is 19.3 Å². The number of ether oxygens (including phenoxy) is 3. The summed E-state index contributed by atoms with van der Waals surface area (Å²) in [5, 5.41) is 8.97. The molecular formula is C11H20O4. The summed E-state index contributed by atoms with van der Waals surface area (Å²) in [4.78, 5) is 0. The average Bonchev–Trinajstić information content (AvgIpc) is 2.61. The smallest absolute Gasteiger partial charge is 0.168 e. The van der Waals surface area contributed by atoms with Gasteiger partial charge in [-0.2, -0.15) is 0 Å². The van der Waals surface area contributed by atoms with Crippen LogP contribution in [0.2, 0.25) is 0 Å². The highest BCUT2D eigenvalue weighted by Crippen LogP contribution is 2.31. The second kappa shape index (κ2) is 4.78. The molecule has 3 atom stereocenters. The lowest BCUT2D eigenvalue weighted by molar-refractivity contribution is -0.184. The fraction of sp³-hybridized carbons (Fsp3) is 1.00. The molecule has 0 aliphatic carbocycles. The van der Waals surface area contributed by atoms with Crippen LogP contribution in [0.25, 0.3) is 0 Å². The normalized spacial score (nSPS) is 42.0. The van der Waals surface area contributed by atoms with E-state index in [1.54, 1.807) is 0 Å². The molecule has 88 valence electrons. The minimum Gasteiger partial charge on any atom is -0.394 e. The fourth-order valence-corrected chi connectivity index (χ4v) is 2.27. The molecule has 0 spiro atoms. The van der Waals surface area contributed by atoms with Crippen LogP contribution in [0.4, 0.5) is 0 Å². The van der Waals surface area contributed by atoms with Gasteiger partial charge in [-0.15, -0.1) is 0 Å². The maximum absolute atomic E-state index is 8.97. The molecule has 0 bridgehead atoms. The van der Waals surface area contributed by atoms with Crippen LogP contribution in [0, 0.1) is 0 Å². The van der Waals surface area contributed by atoms with Gasteiger partial charge in [0.1, 0.15) is 6.10 Å². The maximum Gasteiger partial charge on any atom is 0.168 e. The summed E-state index contributed by atoms with van der Waals surface area (Å²) < 4.78 is 16.9. The lowest BCUT2D eigenvalue weighted by atomic mass is 10.0. The van der Waals surface area contributed by atoms with E-state index in [2.05, 4.69) is 0 Å². The van der Waals surface area contributed by atoms with Gasteiger partial charge in [-0.25, -0.2) is 0 Å². The summed E-state index contributed by atoms with van der Waals surface area (Å²) in [7, 11) is 0. The van der Waals surface area contributed by atoms with E-state index >= 15 is 0 Å². The van der Waals surface area contributed by atoms with E-state index < -0.39 is 5.79 Å². The van der Waals surface area contributed by atoms with Gasteiger partial charge in [0, 0.05) is 13.0 Å². The molecule has 0 aromatic heterocycles. The van der Waals surface area contributed by atoms with Gasteiger partial charge in [0.2, 0.25) is 0 Å². The van der Waals surface area contributed by atoms with E-state index in [0.29, 0.717) is 6.61 Å². The van der Waals surface area contributed by atoms with Gasteiger partial charge in [-0.05, 0) is 26.2 Å². The molecule has 0 aromatic carbocycles. The summed E-state index contributed by atoms with van der Waals surface area (Å²) in [5.41, 5.74) is 0. The van der Waals surface area contributed by atoms with Crippen molar-refractivity contribution in [2.24, 2.45) is 0 Å². The van der Waals surface area contributed by atoms with Crippen LogP contribution < -0.4 is 0 Å². The van der Waals surface area contributed by atoms with Crippen molar-refractivity contribution in [1.29, 1.82) is 0 Å². The number of hydrogen-bond donors (Lipinski definition) is 1. The van der Waals surface area contributed by atoms with Gasteiger partial charge in [0.05, 0.1) is 19.3 Å². The second-order valence-corrected chi connectivity index (χ2v) is 4.56. The Bertz CT molecular complexity index is 203. The van der Waals surface area contributed by atoms with Gasteiger partial charge in [-0.1, -0.05) is 0 Å². The first kappa shape index (κ1) is 11.3.